The van der Waals surface area contributed by atoms with Gasteiger partial charge in [-0.3, -0.25) is 0 Å². The van der Waals surface area contributed by atoms with Gasteiger partial charge in [-0.1, -0.05) is 31.0 Å². The Bertz CT molecular complexity index is 363. The van der Waals surface area contributed by atoms with Crippen molar-refractivity contribution >= 4 is 0 Å². The zero-order chi connectivity index (χ0) is 12.8. The number of rotatable bonds is 4. The number of hydrogen-bond donors (Lipinski definition) is 1. The Kier molecular flexibility index (Phi) is 4.93. The number of nitrogens with one attached hydrogen (secondary N) is 1. The van der Waals surface area contributed by atoms with Crippen molar-refractivity contribution in [3.05, 3.63) is 29.8 Å². The summed E-state index contributed by atoms with van der Waals surface area (Å²) in [7, 11) is 0. The van der Waals surface area contributed by atoms with Crippen LogP contribution in [0.4, 0.5) is 8.78 Å². The van der Waals surface area contributed by atoms with Crippen LogP contribution in [0, 0.1) is 0 Å². The van der Waals surface area contributed by atoms with E-state index in [-0.39, 0.29) is 0 Å². The van der Waals surface area contributed by atoms with Crippen LogP contribution in [0.15, 0.2) is 24.3 Å². The number of ether oxygens (including phenoxy) is 1. The minimum absolute atomic E-state index is 0.304. The first-order valence-electron chi connectivity index (χ1n) is 6.52. The molecule has 1 aromatic rings. The molecule has 1 heterocycles. The molecule has 2 nitrogen and oxygen atoms in total. The van der Waals surface area contributed by atoms with Crippen LogP contribution in [0.5, 0.6) is 5.75 Å². The lowest BCUT2D eigenvalue weighted by Gasteiger charge is -2.18. The third-order valence-electron chi connectivity index (χ3n) is 3.32. The van der Waals surface area contributed by atoms with Gasteiger partial charge in [0.25, 0.3) is 0 Å². The molecule has 0 aliphatic carbocycles. The smallest absolute Gasteiger partial charge is 0.387 e. The Hall–Kier alpha value is -1.16. The van der Waals surface area contributed by atoms with E-state index in [2.05, 4.69) is 10.1 Å². The normalized spacial score (nSPS) is 20.7. The van der Waals surface area contributed by atoms with Gasteiger partial charge in [0.15, 0.2) is 0 Å². The van der Waals surface area contributed by atoms with Gasteiger partial charge in [-0.15, -0.1) is 0 Å². The quantitative estimate of drug-likeness (QED) is 0.890. The molecule has 1 aliphatic heterocycles. The van der Waals surface area contributed by atoms with Crippen LogP contribution in [0.3, 0.4) is 0 Å². The summed E-state index contributed by atoms with van der Waals surface area (Å²) in [5.41, 5.74) is 0.859. The highest BCUT2D eigenvalue weighted by atomic mass is 19.3. The molecule has 0 spiro atoms. The molecule has 1 N–H and O–H groups in total. The van der Waals surface area contributed by atoms with Crippen molar-refractivity contribution in [1.29, 1.82) is 0 Å². The Morgan fingerprint density at radius 2 is 2.06 bits per heavy atom. The topological polar surface area (TPSA) is 21.3 Å². The number of halogens is 2. The lowest BCUT2D eigenvalue weighted by molar-refractivity contribution is -0.0505. The Morgan fingerprint density at radius 1 is 1.22 bits per heavy atom. The molecule has 1 aromatic carbocycles. The van der Waals surface area contributed by atoms with Crippen LogP contribution in [-0.2, 0) is 6.42 Å². The van der Waals surface area contributed by atoms with Crippen LogP contribution in [0.1, 0.15) is 31.2 Å². The van der Waals surface area contributed by atoms with E-state index in [0.29, 0.717) is 11.8 Å². The van der Waals surface area contributed by atoms with Crippen molar-refractivity contribution in [1.82, 2.24) is 5.32 Å². The molecule has 18 heavy (non-hydrogen) atoms. The summed E-state index contributed by atoms with van der Waals surface area (Å²) in [5, 5.41) is 3.47. The summed E-state index contributed by atoms with van der Waals surface area (Å²) >= 11 is 0. The van der Waals surface area contributed by atoms with Crippen molar-refractivity contribution in [2.24, 2.45) is 0 Å². The second-order valence-corrected chi connectivity index (χ2v) is 4.69. The molecule has 0 aromatic heterocycles. The van der Waals surface area contributed by atoms with E-state index in [1.165, 1.54) is 19.3 Å². The molecule has 0 saturated carbocycles. The van der Waals surface area contributed by atoms with E-state index in [0.717, 1.165) is 24.9 Å². The first kappa shape index (κ1) is 13.3. The second kappa shape index (κ2) is 6.69. The number of hydrogen-bond acceptors (Lipinski definition) is 2. The third-order valence-corrected chi connectivity index (χ3v) is 3.32. The van der Waals surface area contributed by atoms with Crippen molar-refractivity contribution < 1.29 is 13.5 Å². The van der Waals surface area contributed by atoms with Crippen LogP contribution in [0.25, 0.3) is 0 Å². The average molecular weight is 255 g/mol. The summed E-state index contributed by atoms with van der Waals surface area (Å²) in [5.74, 6) is 0.304. The SMILES string of the molecule is FC(F)Oc1ccccc1CC1CCCCCN1. The van der Waals surface area contributed by atoms with Gasteiger partial charge in [0.05, 0.1) is 0 Å². The fourth-order valence-corrected chi connectivity index (χ4v) is 2.42. The lowest BCUT2D eigenvalue weighted by Crippen LogP contribution is -2.30. The molecular formula is C14H19F2NO. The van der Waals surface area contributed by atoms with Crippen molar-refractivity contribution in [3.8, 4) is 5.75 Å². The van der Waals surface area contributed by atoms with Gasteiger partial charge in [0.1, 0.15) is 5.75 Å². The summed E-state index contributed by atoms with van der Waals surface area (Å²) in [6.07, 6.45) is 5.51. The molecule has 1 saturated heterocycles. The van der Waals surface area contributed by atoms with Crippen molar-refractivity contribution in [3.63, 3.8) is 0 Å². The molecule has 100 valence electrons. The predicted molar refractivity (Wildman–Crippen MR) is 67.0 cm³/mol. The zero-order valence-electron chi connectivity index (χ0n) is 10.4. The van der Waals surface area contributed by atoms with E-state index in [4.69, 9.17) is 0 Å². The van der Waals surface area contributed by atoms with Gasteiger partial charge < -0.3 is 10.1 Å². The van der Waals surface area contributed by atoms with Gasteiger partial charge in [-0.2, -0.15) is 8.78 Å². The minimum Gasteiger partial charge on any atom is -0.435 e. The van der Waals surface area contributed by atoms with E-state index in [1.807, 2.05) is 12.1 Å². The lowest BCUT2D eigenvalue weighted by atomic mass is 10.0. The molecule has 2 rings (SSSR count). The van der Waals surface area contributed by atoms with Gasteiger partial charge in [-0.05, 0) is 37.4 Å². The molecule has 0 amide bonds. The minimum atomic E-state index is -2.76. The van der Waals surface area contributed by atoms with E-state index in [1.54, 1.807) is 12.1 Å². The van der Waals surface area contributed by atoms with Crippen molar-refractivity contribution in [2.45, 2.75) is 44.8 Å². The monoisotopic (exact) mass is 255 g/mol. The maximum Gasteiger partial charge on any atom is 0.387 e. The van der Waals surface area contributed by atoms with E-state index >= 15 is 0 Å². The Morgan fingerprint density at radius 3 is 2.89 bits per heavy atom. The Balaban J connectivity index is 2.02. The predicted octanol–water partition coefficient (Wildman–Crippen LogP) is 3.36. The van der Waals surface area contributed by atoms with Gasteiger partial charge in [0.2, 0.25) is 0 Å². The average Bonchev–Trinajstić information content (AvgIpc) is 2.60. The van der Waals surface area contributed by atoms with E-state index in [9.17, 15) is 8.78 Å². The molecule has 1 fully saturated rings. The number of benzene rings is 1. The van der Waals surface area contributed by atoms with Gasteiger partial charge in [-0.25, -0.2) is 0 Å². The molecule has 4 heteroatoms. The first-order chi connectivity index (χ1) is 8.75. The molecule has 1 atom stereocenters. The highest BCUT2D eigenvalue weighted by molar-refractivity contribution is 5.34. The highest BCUT2D eigenvalue weighted by Crippen LogP contribution is 2.23. The summed E-state index contributed by atoms with van der Waals surface area (Å²) in [6.45, 7) is -1.74. The van der Waals surface area contributed by atoms with E-state index < -0.39 is 6.61 Å². The molecule has 0 bridgehead atoms. The number of para-hydroxylation sites is 1. The fraction of sp³-hybridized carbons (Fsp3) is 0.571. The molecular weight excluding hydrogens is 236 g/mol. The number of alkyl halides is 2. The largest absolute Gasteiger partial charge is 0.435 e. The van der Waals surface area contributed by atoms with Crippen LogP contribution in [0.2, 0.25) is 0 Å². The third kappa shape index (κ3) is 3.95. The van der Waals surface area contributed by atoms with Crippen LogP contribution >= 0.6 is 0 Å². The standard InChI is InChI=1S/C14H19F2NO/c15-14(16)18-13-8-4-3-6-11(13)10-12-7-2-1-5-9-17-12/h3-4,6,8,12,14,17H,1-2,5,7,9-10H2. The maximum absolute atomic E-state index is 12.3. The summed E-state index contributed by atoms with van der Waals surface area (Å²) in [6, 6.07) is 7.43. The second-order valence-electron chi connectivity index (χ2n) is 4.69. The maximum atomic E-state index is 12.3. The van der Waals surface area contributed by atoms with Gasteiger partial charge >= 0.3 is 6.61 Å². The zero-order valence-corrected chi connectivity index (χ0v) is 10.4. The van der Waals surface area contributed by atoms with Crippen LogP contribution in [-0.4, -0.2) is 19.2 Å². The molecule has 1 unspecified atom stereocenters. The summed E-state index contributed by atoms with van der Waals surface area (Å²) in [4.78, 5) is 0. The van der Waals surface area contributed by atoms with Gasteiger partial charge in [0, 0.05) is 6.04 Å². The summed E-state index contributed by atoms with van der Waals surface area (Å²) < 4.78 is 29.2. The van der Waals surface area contributed by atoms with Crippen molar-refractivity contribution in [2.75, 3.05) is 6.54 Å². The molecule has 1 aliphatic rings. The Labute approximate surface area is 106 Å². The highest BCUT2D eigenvalue weighted by Gasteiger charge is 2.15. The van der Waals surface area contributed by atoms with Crippen LogP contribution < -0.4 is 10.1 Å². The molecule has 0 radical (unpaired) electrons. The first-order valence-corrected chi connectivity index (χ1v) is 6.52. The fourth-order valence-electron chi connectivity index (χ4n) is 2.42.